The number of piperazine rings is 1. The molecule has 2 aliphatic heterocycles. The Morgan fingerprint density at radius 3 is 2.27 bits per heavy atom. The summed E-state index contributed by atoms with van der Waals surface area (Å²) in [5.41, 5.74) is 0.705. The van der Waals surface area contributed by atoms with Crippen LogP contribution in [0, 0.1) is 0 Å². The number of nitrogens with zero attached hydrogens (tertiary/aromatic N) is 4. The normalized spacial score (nSPS) is 19.7. The second kappa shape index (κ2) is 9.42. The second-order valence-electron chi connectivity index (χ2n) is 7.58. The van der Waals surface area contributed by atoms with Gasteiger partial charge in [-0.15, -0.1) is 0 Å². The minimum atomic E-state index is -0.631. The van der Waals surface area contributed by atoms with Gasteiger partial charge in [-0.3, -0.25) is 14.5 Å². The predicted octanol–water partition coefficient (Wildman–Crippen LogP) is 2.09. The Kier molecular flexibility index (Phi) is 6.91. The van der Waals surface area contributed by atoms with Crippen LogP contribution < -0.4 is 4.90 Å². The van der Waals surface area contributed by atoms with Gasteiger partial charge in [0, 0.05) is 32.2 Å². The third-order valence-corrected chi connectivity index (χ3v) is 5.74. The number of para-hydroxylation sites is 1. The minimum Gasteiger partial charge on any atom is -0.450 e. The molecule has 0 saturated carbocycles. The number of thiocarbonyl (C=S) groups is 1. The summed E-state index contributed by atoms with van der Waals surface area (Å²) in [5.74, 6) is -0.293. The Morgan fingerprint density at radius 1 is 1.10 bits per heavy atom. The van der Waals surface area contributed by atoms with Gasteiger partial charge in [0.25, 0.3) is 5.91 Å². The van der Waals surface area contributed by atoms with Crippen molar-refractivity contribution in [2.24, 2.45) is 0 Å². The second-order valence-corrected chi connectivity index (χ2v) is 7.94. The molecule has 2 saturated heterocycles. The average molecular weight is 433 g/mol. The fourth-order valence-electron chi connectivity index (χ4n) is 3.84. The smallest absolute Gasteiger partial charge is 0.409 e. The topological polar surface area (TPSA) is 73.4 Å². The Labute approximate surface area is 182 Å². The lowest BCUT2D eigenvalue weighted by molar-refractivity contribution is -0.136. The van der Waals surface area contributed by atoms with Crippen LogP contribution in [0.3, 0.4) is 0 Å². The SMILES string of the molecule is CCOC(=O)N1CCN(C(=O)C[C@@H]2C(=O)N(c3ccccc3)C(=S)N2C(C)C)CC1. The lowest BCUT2D eigenvalue weighted by Gasteiger charge is -2.35. The number of benzene rings is 1. The molecule has 2 aliphatic rings. The average Bonchev–Trinajstić information content (AvgIpc) is 2.98. The van der Waals surface area contributed by atoms with Crippen molar-refractivity contribution in [3.63, 3.8) is 0 Å². The highest BCUT2D eigenvalue weighted by atomic mass is 32.1. The van der Waals surface area contributed by atoms with E-state index in [0.717, 1.165) is 0 Å². The van der Waals surface area contributed by atoms with Crippen LogP contribution in [0.25, 0.3) is 0 Å². The monoisotopic (exact) mass is 432 g/mol. The molecule has 0 bridgehead atoms. The van der Waals surface area contributed by atoms with Gasteiger partial charge in [-0.1, -0.05) is 18.2 Å². The van der Waals surface area contributed by atoms with Crippen molar-refractivity contribution in [2.75, 3.05) is 37.7 Å². The van der Waals surface area contributed by atoms with Crippen LogP contribution in [0.2, 0.25) is 0 Å². The fourth-order valence-corrected chi connectivity index (χ4v) is 4.37. The lowest BCUT2D eigenvalue weighted by atomic mass is 10.1. The molecule has 8 nitrogen and oxygen atoms in total. The van der Waals surface area contributed by atoms with E-state index < -0.39 is 6.04 Å². The zero-order valence-corrected chi connectivity index (χ0v) is 18.4. The number of carbonyl (C=O) groups excluding carboxylic acids is 3. The molecular weight excluding hydrogens is 404 g/mol. The van der Waals surface area contributed by atoms with Gasteiger partial charge in [0.2, 0.25) is 5.91 Å². The molecule has 0 radical (unpaired) electrons. The Morgan fingerprint density at radius 2 is 1.70 bits per heavy atom. The molecule has 1 aromatic carbocycles. The molecular formula is C21H28N4O4S. The van der Waals surface area contributed by atoms with E-state index in [1.165, 1.54) is 4.90 Å². The Balaban J connectivity index is 1.69. The van der Waals surface area contributed by atoms with E-state index in [4.69, 9.17) is 17.0 Å². The summed E-state index contributed by atoms with van der Waals surface area (Å²) in [5, 5.41) is 0.422. The number of hydrogen-bond acceptors (Lipinski definition) is 5. The van der Waals surface area contributed by atoms with E-state index in [1.807, 2.05) is 49.1 Å². The van der Waals surface area contributed by atoms with Gasteiger partial charge in [-0.25, -0.2) is 4.79 Å². The summed E-state index contributed by atoms with van der Waals surface area (Å²) >= 11 is 5.60. The summed E-state index contributed by atoms with van der Waals surface area (Å²) in [7, 11) is 0. The summed E-state index contributed by atoms with van der Waals surface area (Å²) in [6.45, 7) is 7.70. The van der Waals surface area contributed by atoms with E-state index in [1.54, 1.807) is 16.7 Å². The maximum absolute atomic E-state index is 13.2. The number of amides is 3. The first-order chi connectivity index (χ1) is 14.3. The maximum Gasteiger partial charge on any atom is 0.409 e. The van der Waals surface area contributed by atoms with Gasteiger partial charge >= 0.3 is 6.09 Å². The zero-order valence-electron chi connectivity index (χ0n) is 17.6. The summed E-state index contributed by atoms with van der Waals surface area (Å²) < 4.78 is 5.02. The van der Waals surface area contributed by atoms with Crippen molar-refractivity contribution in [3.8, 4) is 0 Å². The van der Waals surface area contributed by atoms with E-state index in [-0.39, 0.29) is 30.4 Å². The number of anilines is 1. The molecule has 3 rings (SSSR count). The molecule has 162 valence electrons. The first-order valence-electron chi connectivity index (χ1n) is 10.3. The van der Waals surface area contributed by atoms with E-state index in [9.17, 15) is 14.4 Å². The third kappa shape index (κ3) is 4.40. The van der Waals surface area contributed by atoms with Crippen LogP contribution >= 0.6 is 12.2 Å². The largest absolute Gasteiger partial charge is 0.450 e. The third-order valence-electron chi connectivity index (χ3n) is 5.35. The molecule has 2 fully saturated rings. The van der Waals surface area contributed by atoms with Gasteiger partial charge < -0.3 is 19.4 Å². The van der Waals surface area contributed by atoms with Crippen LogP contribution in [0.15, 0.2) is 30.3 Å². The quantitative estimate of drug-likeness (QED) is 0.664. The van der Waals surface area contributed by atoms with Crippen molar-refractivity contribution < 1.29 is 19.1 Å². The number of rotatable bonds is 5. The molecule has 30 heavy (non-hydrogen) atoms. The van der Waals surface area contributed by atoms with Crippen molar-refractivity contribution in [3.05, 3.63) is 30.3 Å². The van der Waals surface area contributed by atoms with Gasteiger partial charge in [0.15, 0.2) is 5.11 Å². The first kappa shape index (κ1) is 22.0. The molecule has 0 spiro atoms. The summed E-state index contributed by atoms with van der Waals surface area (Å²) in [6.07, 6.45) is -0.301. The van der Waals surface area contributed by atoms with Gasteiger partial charge in [-0.2, -0.15) is 0 Å². The van der Waals surface area contributed by atoms with E-state index in [0.29, 0.717) is 43.6 Å². The van der Waals surface area contributed by atoms with Crippen LogP contribution in [-0.4, -0.2) is 82.6 Å². The van der Waals surface area contributed by atoms with Crippen LogP contribution in [0.4, 0.5) is 10.5 Å². The van der Waals surface area contributed by atoms with Gasteiger partial charge in [0.05, 0.1) is 18.7 Å². The number of hydrogen-bond donors (Lipinski definition) is 0. The predicted molar refractivity (Wildman–Crippen MR) is 117 cm³/mol. The molecule has 0 N–H and O–H groups in total. The van der Waals surface area contributed by atoms with Crippen LogP contribution in [-0.2, 0) is 14.3 Å². The van der Waals surface area contributed by atoms with Crippen LogP contribution in [0.5, 0.6) is 0 Å². The minimum absolute atomic E-state index is 0.0198. The maximum atomic E-state index is 13.2. The highest BCUT2D eigenvalue weighted by molar-refractivity contribution is 7.80. The van der Waals surface area contributed by atoms with Crippen molar-refractivity contribution in [1.29, 1.82) is 0 Å². The van der Waals surface area contributed by atoms with E-state index >= 15 is 0 Å². The first-order valence-corrected chi connectivity index (χ1v) is 10.7. The van der Waals surface area contributed by atoms with Crippen molar-refractivity contribution in [2.45, 2.75) is 39.3 Å². The fraction of sp³-hybridized carbons (Fsp3) is 0.524. The van der Waals surface area contributed by atoms with Crippen molar-refractivity contribution >= 4 is 40.9 Å². The standard InChI is InChI=1S/C21H28N4O4S/c1-4-29-21(28)23-12-10-22(11-13-23)18(26)14-17-19(27)25(16-8-6-5-7-9-16)20(30)24(17)15(2)3/h5-9,15,17H,4,10-14H2,1-3H3/t17-/m1/s1. The molecule has 3 amide bonds. The summed E-state index contributed by atoms with van der Waals surface area (Å²) in [6, 6.07) is 8.61. The molecule has 9 heteroatoms. The highest BCUT2D eigenvalue weighted by Gasteiger charge is 2.45. The van der Waals surface area contributed by atoms with Crippen molar-refractivity contribution in [1.82, 2.24) is 14.7 Å². The molecule has 2 heterocycles. The molecule has 1 atom stereocenters. The highest BCUT2D eigenvalue weighted by Crippen LogP contribution is 2.29. The zero-order chi connectivity index (χ0) is 21.8. The summed E-state index contributed by atoms with van der Waals surface area (Å²) in [4.78, 5) is 44.7. The number of carbonyl (C=O) groups is 3. The molecule has 1 aromatic rings. The lowest BCUT2D eigenvalue weighted by Crippen LogP contribution is -2.52. The molecule has 0 unspecified atom stereocenters. The van der Waals surface area contributed by atoms with E-state index in [2.05, 4.69) is 0 Å². The Bertz CT molecular complexity index is 808. The van der Waals surface area contributed by atoms with Gasteiger partial charge in [-0.05, 0) is 45.1 Å². The van der Waals surface area contributed by atoms with Crippen LogP contribution in [0.1, 0.15) is 27.2 Å². The Hall–Kier alpha value is -2.68. The van der Waals surface area contributed by atoms with Gasteiger partial charge in [0.1, 0.15) is 6.04 Å². The molecule has 0 aliphatic carbocycles. The number of ether oxygens (including phenoxy) is 1. The molecule has 0 aromatic heterocycles.